The zero-order valence-electron chi connectivity index (χ0n) is 18.8. The molecule has 0 radical (unpaired) electrons. The molecule has 0 unspecified atom stereocenters. The molecule has 0 fully saturated rings. The van der Waals surface area contributed by atoms with E-state index in [1.807, 2.05) is 48.5 Å². The average molecular weight is 479 g/mol. The summed E-state index contributed by atoms with van der Waals surface area (Å²) in [7, 11) is 0. The minimum Gasteiger partial charge on any atom is -0.479 e. The number of carbonyl (C=O) groups is 3. The molecule has 0 spiro atoms. The van der Waals surface area contributed by atoms with Crippen LogP contribution >= 0.6 is 0 Å². The molecule has 2 aromatic carbocycles. The fourth-order valence-electron chi connectivity index (χ4n) is 4.19. The number of fused-ring (bicyclic) bond motifs is 3. The Balaban J connectivity index is 1.39. The molecule has 1 aliphatic carbocycles. The Morgan fingerprint density at radius 3 is 2.31 bits per heavy atom. The molecule has 1 heterocycles. The summed E-state index contributed by atoms with van der Waals surface area (Å²) < 4.78 is 5.54. The minimum atomic E-state index is -1.59. The number of carbonyl (C=O) groups excluding carboxylic acids is 2. The smallest absolute Gasteiger partial charge is 0.407 e. The van der Waals surface area contributed by atoms with E-state index in [-0.39, 0.29) is 31.9 Å². The van der Waals surface area contributed by atoms with Crippen molar-refractivity contribution in [3.63, 3.8) is 0 Å². The van der Waals surface area contributed by atoms with Gasteiger partial charge >= 0.3 is 12.1 Å². The van der Waals surface area contributed by atoms with Gasteiger partial charge in [0.1, 0.15) is 12.6 Å². The summed E-state index contributed by atoms with van der Waals surface area (Å²) in [4.78, 5) is 42.9. The maximum atomic E-state index is 12.7. The number of nitrogens with zero attached hydrogens (tertiary/aromatic N) is 1. The summed E-state index contributed by atoms with van der Waals surface area (Å²) >= 11 is 0. The van der Waals surface area contributed by atoms with Crippen molar-refractivity contribution in [1.29, 1.82) is 0 Å². The highest BCUT2D eigenvalue weighted by Crippen LogP contribution is 2.44. The van der Waals surface area contributed by atoms with Crippen LogP contribution in [0.1, 0.15) is 29.2 Å². The Bertz CT molecular complexity index is 1150. The molecule has 10 nitrogen and oxygen atoms in total. The molecule has 35 heavy (non-hydrogen) atoms. The standard InChI is InChI=1S/C25H26N4O6/c30-22(24(32)33)9-10-27-23(31)21(11-15-12-26-14-28-15)29-25(34)35-13-20-18-7-3-1-5-16(18)17-6-2-4-8-19(17)20/h1-8,12,14,20-22,30H,9-11,13H2,(H,26,28)(H,27,31)(H,29,34)(H,32,33)/t21-,22+/m1/s1. The van der Waals surface area contributed by atoms with Crippen LogP contribution in [-0.2, 0) is 20.7 Å². The number of H-pyrrole nitrogens is 1. The fourth-order valence-corrected chi connectivity index (χ4v) is 4.19. The second kappa shape index (κ2) is 10.8. The summed E-state index contributed by atoms with van der Waals surface area (Å²) in [6.45, 7) is 0.0290. The summed E-state index contributed by atoms with van der Waals surface area (Å²) in [5.74, 6) is -2.03. The lowest BCUT2D eigenvalue weighted by Gasteiger charge is -2.19. The first-order valence-corrected chi connectivity index (χ1v) is 11.2. The topological polar surface area (TPSA) is 154 Å². The van der Waals surface area contributed by atoms with E-state index in [0.717, 1.165) is 22.3 Å². The highest BCUT2D eigenvalue weighted by molar-refractivity contribution is 5.86. The third-order valence-electron chi connectivity index (χ3n) is 5.93. The van der Waals surface area contributed by atoms with Crippen LogP contribution in [0.15, 0.2) is 61.1 Å². The molecule has 0 saturated heterocycles. The molecular formula is C25H26N4O6. The van der Waals surface area contributed by atoms with E-state index in [4.69, 9.17) is 9.84 Å². The summed E-state index contributed by atoms with van der Waals surface area (Å²) in [5, 5.41) is 23.3. The van der Waals surface area contributed by atoms with Gasteiger partial charge in [-0.3, -0.25) is 4.79 Å². The zero-order chi connectivity index (χ0) is 24.8. The second-order valence-corrected chi connectivity index (χ2v) is 8.24. The molecule has 3 aromatic rings. The monoisotopic (exact) mass is 478 g/mol. The predicted octanol–water partition coefficient (Wildman–Crippen LogP) is 1.81. The van der Waals surface area contributed by atoms with Crippen LogP contribution in [0.5, 0.6) is 0 Å². The number of amides is 2. The molecular weight excluding hydrogens is 452 g/mol. The number of benzene rings is 2. The van der Waals surface area contributed by atoms with Gasteiger partial charge in [-0.05, 0) is 22.3 Å². The van der Waals surface area contributed by atoms with Gasteiger partial charge in [0.15, 0.2) is 6.10 Å². The van der Waals surface area contributed by atoms with Gasteiger partial charge in [-0.1, -0.05) is 48.5 Å². The number of aliphatic carboxylic acids is 1. The van der Waals surface area contributed by atoms with Crippen molar-refractivity contribution in [3.05, 3.63) is 77.9 Å². The van der Waals surface area contributed by atoms with Gasteiger partial charge < -0.3 is 30.6 Å². The van der Waals surface area contributed by atoms with Crippen LogP contribution in [0.3, 0.4) is 0 Å². The minimum absolute atomic E-state index is 0.0713. The Kier molecular flexibility index (Phi) is 7.41. The van der Waals surface area contributed by atoms with Gasteiger partial charge in [0, 0.05) is 37.2 Å². The number of rotatable bonds is 10. The highest BCUT2D eigenvalue weighted by atomic mass is 16.5. The van der Waals surface area contributed by atoms with E-state index in [2.05, 4.69) is 20.6 Å². The molecule has 1 aromatic heterocycles. The highest BCUT2D eigenvalue weighted by Gasteiger charge is 2.30. The van der Waals surface area contributed by atoms with E-state index in [9.17, 15) is 19.5 Å². The zero-order valence-corrected chi connectivity index (χ0v) is 18.8. The van der Waals surface area contributed by atoms with Crippen molar-refractivity contribution in [3.8, 4) is 11.1 Å². The second-order valence-electron chi connectivity index (χ2n) is 8.24. The number of hydrogen-bond acceptors (Lipinski definition) is 6. The number of hydrogen-bond donors (Lipinski definition) is 5. The van der Waals surface area contributed by atoms with E-state index >= 15 is 0 Å². The van der Waals surface area contributed by atoms with Crippen molar-refractivity contribution >= 4 is 18.0 Å². The Morgan fingerprint density at radius 1 is 1.06 bits per heavy atom. The van der Waals surface area contributed by atoms with Crippen molar-refractivity contribution < 1.29 is 29.3 Å². The molecule has 2 amide bonds. The SMILES string of the molecule is O=C(N[C@H](Cc1cnc[nH]1)C(=O)NCC[C@H](O)C(=O)O)OCC1c2ccccc2-c2ccccc21. The van der Waals surface area contributed by atoms with E-state index < -0.39 is 30.1 Å². The largest absolute Gasteiger partial charge is 0.479 e. The molecule has 1 aliphatic rings. The summed E-state index contributed by atoms with van der Waals surface area (Å²) in [5.41, 5.74) is 4.99. The van der Waals surface area contributed by atoms with Gasteiger partial charge in [-0.25, -0.2) is 14.6 Å². The maximum Gasteiger partial charge on any atom is 0.407 e. The Morgan fingerprint density at radius 2 is 1.71 bits per heavy atom. The number of aromatic nitrogens is 2. The third-order valence-corrected chi connectivity index (χ3v) is 5.93. The lowest BCUT2D eigenvalue weighted by Crippen LogP contribution is -2.49. The maximum absolute atomic E-state index is 12.7. The predicted molar refractivity (Wildman–Crippen MR) is 126 cm³/mol. The molecule has 4 rings (SSSR count). The van der Waals surface area contributed by atoms with Gasteiger partial charge in [0.05, 0.1) is 6.33 Å². The Hall–Kier alpha value is -4.18. The summed E-state index contributed by atoms with van der Waals surface area (Å²) in [6, 6.07) is 15.0. The molecule has 2 atom stereocenters. The molecule has 10 heteroatoms. The van der Waals surface area contributed by atoms with E-state index in [1.54, 1.807) is 0 Å². The van der Waals surface area contributed by atoms with Crippen LogP contribution in [0, 0.1) is 0 Å². The number of aliphatic hydroxyl groups excluding tert-OH is 1. The van der Waals surface area contributed by atoms with E-state index in [1.165, 1.54) is 12.5 Å². The van der Waals surface area contributed by atoms with Gasteiger partial charge in [-0.2, -0.15) is 0 Å². The number of imidazole rings is 1. The van der Waals surface area contributed by atoms with Crippen molar-refractivity contribution in [1.82, 2.24) is 20.6 Å². The lowest BCUT2D eigenvalue weighted by molar-refractivity contribution is -0.147. The number of carboxylic acids is 1. The Labute approximate surface area is 201 Å². The molecule has 5 N–H and O–H groups in total. The molecule has 0 bridgehead atoms. The first-order valence-electron chi connectivity index (χ1n) is 11.2. The van der Waals surface area contributed by atoms with Crippen molar-refractivity contribution in [2.75, 3.05) is 13.2 Å². The van der Waals surface area contributed by atoms with Gasteiger partial charge in [0.2, 0.25) is 5.91 Å². The van der Waals surface area contributed by atoms with Crippen molar-refractivity contribution in [2.24, 2.45) is 0 Å². The third kappa shape index (κ3) is 5.67. The van der Waals surface area contributed by atoms with Crippen LogP contribution in [-0.4, -0.2) is 63.4 Å². The first-order chi connectivity index (χ1) is 16.9. The van der Waals surface area contributed by atoms with Gasteiger partial charge in [-0.15, -0.1) is 0 Å². The lowest BCUT2D eigenvalue weighted by atomic mass is 9.98. The van der Waals surface area contributed by atoms with Crippen LogP contribution in [0.4, 0.5) is 4.79 Å². The first kappa shape index (κ1) is 24.0. The quantitative estimate of drug-likeness (QED) is 0.298. The molecule has 0 aliphatic heterocycles. The van der Waals surface area contributed by atoms with Crippen molar-refractivity contribution in [2.45, 2.75) is 30.9 Å². The number of ether oxygens (including phenoxy) is 1. The number of alkyl carbamates (subject to hydrolysis) is 1. The van der Waals surface area contributed by atoms with Crippen LogP contribution < -0.4 is 10.6 Å². The number of carboxylic acid groups (broad SMARTS) is 1. The average Bonchev–Trinajstić information content (AvgIpc) is 3.48. The van der Waals surface area contributed by atoms with E-state index in [0.29, 0.717) is 5.69 Å². The summed E-state index contributed by atoms with van der Waals surface area (Å²) in [6.07, 6.45) is 0.614. The molecule has 182 valence electrons. The van der Waals surface area contributed by atoms with Crippen LogP contribution in [0.25, 0.3) is 11.1 Å². The fraction of sp³-hybridized carbons (Fsp3) is 0.280. The van der Waals surface area contributed by atoms with Crippen LogP contribution in [0.2, 0.25) is 0 Å². The normalized spacial score (nSPS) is 13.9. The number of aromatic amines is 1. The van der Waals surface area contributed by atoms with Gasteiger partial charge in [0.25, 0.3) is 0 Å². The molecule has 0 saturated carbocycles. The number of nitrogens with one attached hydrogen (secondary N) is 3. The number of aliphatic hydroxyl groups is 1.